The number of hydroxylamine groups is 1. The van der Waals surface area contributed by atoms with Gasteiger partial charge >= 0.3 is 0 Å². The summed E-state index contributed by atoms with van der Waals surface area (Å²) in [5, 5.41) is 8.69. The number of rotatable bonds is 5. The van der Waals surface area contributed by atoms with Crippen LogP contribution in [0.1, 0.15) is 33.0 Å². The summed E-state index contributed by atoms with van der Waals surface area (Å²) in [7, 11) is -1.81. The molecule has 1 amide bonds. The normalized spacial score (nSPS) is 15.5. The van der Waals surface area contributed by atoms with Crippen molar-refractivity contribution in [1.82, 2.24) is 5.48 Å². The number of aryl methyl sites for hydroxylation is 1. The first-order valence-corrected chi connectivity index (χ1v) is 11.3. The zero-order chi connectivity index (χ0) is 22.2. The van der Waals surface area contributed by atoms with E-state index in [0.717, 1.165) is 17.8 Å². The number of sulfonamides is 1. The average molecular weight is 438 g/mol. The monoisotopic (exact) mass is 437 g/mol. The SMILES string of the molecule is Cc1cccc(C2CN(C)c3ccc(NS(=O)(=O)c4ccc(C(=O)NO)cc4)cc32)c1. The van der Waals surface area contributed by atoms with E-state index < -0.39 is 15.9 Å². The van der Waals surface area contributed by atoms with Gasteiger partial charge in [0.2, 0.25) is 0 Å². The van der Waals surface area contributed by atoms with Crippen LogP contribution in [0.5, 0.6) is 0 Å². The molecule has 160 valence electrons. The Morgan fingerprint density at radius 1 is 1.06 bits per heavy atom. The van der Waals surface area contributed by atoms with E-state index in [1.807, 2.05) is 25.2 Å². The maximum absolute atomic E-state index is 12.8. The molecule has 3 aromatic carbocycles. The van der Waals surface area contributed by atoms with Crippen molar-refractivity contribution < 1.29 is 18.4 Å². The van der Waals surface area contributed by atoms with Crippen molar-refractivity contribution in [2.24, 2.45) is 0 Å². The fourth-order valence-electron chi connectivity index (χ4n) is 3.95. The molecular formula is C23H23N3O4S. The van der Waals surface area contributed by atoms with Crippen LogP contribution in [0.4, 0.5) is 11.4 Å². The minimum absolute atomic E-state index is 0.0230. The summed E-state index contributed by atoms with van der Waals surface area (Å²) in [4.78, 5) is 13.6. The predicted octanol–water partition coefficient (Wildman–Crippen LogP) is 3.50. The molecule has 4 rings (SSSR count). The Morgan fingerprint density at radius 3 is 2.48 bits per heavy atom. The second-order valence-corrected chi connectivity index (χ2v) is 9.37. The average Bonchev–Trinajstić information content (AvgIpc) is 3.09. The van der Waals surface area contributed by atoms with Crippen molar-refractivity contribution >= 4 is 27.3 Å². The number of fused-ring (bicyclic) bond motifs is 1. The molecule has 0 bridgehead atoms. The first-order valence-electron chi connectivity index (χ1n) is 9.77. The van der Waals surface area contributed by atoms with Crippen LogP contribution in [0, 0.1) is 6.92 Å². The lowest BCUT2D eigenvalue weighted by Gasteiger charge is -2.14. The zero-order valence-corrected chi connectivity index (χ0v) is 18.0. The van der Waals surface area contributed by atoms with Gasteiger partial charge in [-0.1, -0.05) is 29.8 Å². The summed E-state index contributed by atoms with van der Waals surface area (Å²) in [5.41, 5.74) is 6.68. The molecule has 1 unspecified atom stereocenters. The molecule has 0 spiro atoms. The molecule has 31 heavy (non-hydrogen) atoms. The number of likely N-dealkylation sites (N-methyl/N-ethyl adjacent to an activating group) is 1. The molecule has 0 aliphatic carbocycles. The molecule has 0 aromatic heterocycles. The smallest absolute Gasteiger partial charge is 0.274 e. The van der Waals surface area contributed by atoms with E-state index in [0.29, 0.717) is 5.69 Å². The van der Waals surface area contributed by atoms with E-state index in [4.69, 9.17) is 5.21 Å². The van der Waals surface area contributed by atoms with E-state index in [-0.39, 0.29) is 16.4 Å². The predicted molar refractivity (Wildman–Crippen MR) is 119 cm³/mol. The Bertz CT molecular complexity index is 1240. The molecule has 1 aliphatic heterocycles. The number of carbonyl (C=O) groups excluding carboxylic acids is 1. The number of benzene rings is 3. The maximum Gasteiger partial charge on any atom is 0.274 e. The van der Waals surface area contributed by atoms with Gasteiger partial charge in [-0.25, -0.2) is 13.9 Å². The molecule has 1 aliphatic rings. The van der Waals surface area contributed by atoms with Crippen LogP contribution in [0.15, 0.2) is 71.6 Å². The van der Waals surface area contributed by atoms with Gasteiger partial charge in [-0.3, -0.25) is 14.7 Å². The number of amides is 1. The molecule has 1 atom stereocenters. The highest BCUT2D eigenvalue weighted by atomic mass is 32.2. The molecule has 0 saturated heterocycles. The third-order valence-electron chi connectivity index (χ3n) is 5.50. The van der Waals surface area contributed by atoms with E-state index in [1.54, 1.807) is 6.07 Å². The quantitative estimate of drug-likeness (QED) is 0.419. The third-order valence-corrected chi connectivity index (χ3v) is 6.89. The van der Waals surface area contributed by atoms with E-state index >= 15 is 0 Å². The molecular weight excluding hydrogens is 414 g/mol. The summed E-state index contributed by atoms with van der Waals surface area (Å²) < 4.78 is 28.3. The number of hydrogen-bond donors (Lipinski definition) is 3. The van der Waals surface area contributed by atoms with Crippen molar-refractivity contribution in [2.45, 2.75) is 17.7 Å². The largest absolute Gasteiger partial charge is 0.373 e. The summed E-state index contributed by atoms with van der Waals surface area (Å²) in [6.45, 7) is 2.88. The van der Waals surface area contributed by atoms with Crippen molar-refractivity contribution in [2.75, 3.05) is 23.2 Å². The molecule has 0 radical (unpaired) electrons. The van der Waals surface area contributed by atoms with Gasteiger partial charge in [-0.05, 0) is 60.5 Å². The molecule has 0 saturated carbocycles. The third kappa shape index (κ3) is 4.12. The minimum Gasteiger partial charge on any atom is -0.373 e. The summed E-state index contributed by atoms with van der Waals surface area (Å²) in [6, 6.07) is 19.2. The summed E-state index contributed by atoms with van der Waals surface area (Å²) in [5.74, 6) is -0.553. The number of nitrogens with zero attached hydrogens (tertiary/aromatic N) is 1. The van der Waals surface area contributed by atoms with Crippen molar-refractivity contribution in [3.05, 3.63) is 89.0 Å². The second kappa shape index (κ2) is 8.05. The van der Waals surface area contributed by atoms with Crippen LogP contribution in [-0.4, -0.2) is 33.1 Å². The Morgan fingerprint density at radius 2 is 1.81 bits per heavy atom. The minimum atomic E-state index is -3.84. The molecule has 3 N–H and O–H groups in total. The topological polar surface area (TPSA) is 98.7 Å². The molecule has 8 heteroatoms. The van der Waals surface area contributed by atoms with Crippen LogP contribution < -0.4 is 15.1 Å². The van der Waals surface area contributed by atoms with Crippen molar-refractivity contribution in [3.63, 3.8) is 0 Å². The molecule has 1 heterocycles. The van der Waals surface area contributed by atoms with E-state index in [2.05, 4.69) is 34.7 Å². The number of hydrogen-bond acceptors (Lipinski definition) is 5. The fourth-order valence-corrected chi connectivity index (χ4v) is 5.00. The van der Waals surface area contributed by atoms with Gasteiger partial charge in [0.05, 0.1) is 4.90 Å². The van der Waals surface area contributed by atoms with E-state index in [9.17, 15) is 13.2 Å². The van der Waals surface area contributed by atoms with Gasteiger partial charge in [0.15, 0.2) is 0 Å². The number of anilines is 2. The number of carbonyl (C=O) groups is 1. The lowest BCUT2D eigenvalue weighted by atomic mass is 9.92. The van der Waals surface area contributed by atoms with E-state index in [1.165, 1.54) is 40.9 Å². The summed E-state index contributed by atoms with van der Waals surface area (Å²) >= 11 is 0. The van der Waals surface area contributed by atoms with Crippen LogP contribution in [-0.2, 0) is 10.0 Å². The lowest BCUT2D eigenvalue weighted by Crippen LogP contribution is -2.19. The lowest BCUT2D eigenvalue weighted by molar-refractivity contribution is 0.0706. The Kier molecular flexibility index (Phi) is 5.43. The Labute approximate surface area is 181 Å². The highest BCUT2D eigenvalue weighted by Gasteiger charge is 2.28. The Balaban J connectivity index is 1.63. The zero-order valence-electron chi connectivity index (χ0n) is 17.2. The Hall–Kier alpha value is -3.36. The fraction of sp³-hybridized carbons (Fsp3) is 0.174. The van der Waals surface area contributed by atoms with Gasteiger partial charge in [0.1, 0.15) is 0 Å². The van der Waals surface area contributed by atoms with Crippen LogP contribution in [0.2, 0.25) is 0 Å². The molecule has 7 nitrogen and oxygen atoms in total. The van der Waals surface area contributed by atoms with Gasteiger partial charge in [0.25, 0.3) is 15.9 Å². The van der Waals surface area contributed by atoms with Crippen LogP contribution in [0.3, 0.4) is 0 Å². The van der Waals surface area contributed by atoms with Crippen LogP contribution in [0.25, 0.3) is 0 Å². The number of nitrogens with one attached hydrogen (secondary N) is 2. The van der Waals surface area contributed by atoms with Gasteiger partial charge in [-0.15, -0.1) is 0 Å². The maximum atomic E-state index is 12.8. The van der Waals surface area contributed by atoms with Crippen LogP contribution >= 0.6 is 0 Å². The van der Waals surface area contributed by atoms with Crippen molar-refractivity contribution in [1.29, 1.82) is 0 Å². The molecule has 3 aromatic rings. The van der Waals surface area contributed by atoms with Gasteiger partial charge in [-0.2, -0.15) is 0 Å². The highest BCUT2D eigenvalue weighted by Crippen LogP contribution is 2.41. The van der Waals surface area contributed by atoms with Gasteiger partial charge < -0.3 is 4.90 Å². The first kappa shape index (κ1) is 20.9. The highest BCUT2D eigenvalue weighted by molar-refractivity contribution is 7.92. The molecule has 0 fully saturated rings. The second-order valence-electron chi connectivity index (χ2n) is 7.69. The standard InChI is InChI=1S/C23H23N3O4S/c1-15-4-3-5-17(12-15)21-14-26(2)22-11-8-18(13-20(21)22)25-31(29,30)19-9-6-16(7-10-19)23(27)24-28/h3-13,21,25,28H,14H2,1-2H3,(H,24,27). The van der Waals surface area contributed by atoms with Gasteiger partial charge in [0, 0.05) is 36.4 Å². The summed E-state index contributed by atoms with van der Waals surface area (Å²) in [6.07, 6.45) is 0. The van der Waals surface area contributed by atoms with Crippen molar-refractivity contribution in [3.8, 4) is 0 Å². The first-order chi connectivity index (χ1) is 14.8.